The highest BCUT2D eigenvalue weighted by atomic mass is 32.1. The Hall–Kier alpha value is -2.07. The Morgan fingerprint density at radius 1 is 1.45 bits per heavy atom. The van der Waals surface area contributed by atoms with Crippen LogP contribution in [0, 0.1) is 0 Å². The van der Waals surface area contributed by atoms with Crippen LogP contribution in [0.4, 0.5) is 0 Å². The molecule has 3 amide bonds. The van der Waals surface area contributed by atoms with Crippen molar-refractivity contribution in [3.8, 4) is 0 Å². The smallest absolute Gasteiger partial charge is 0.242 e. The first-order valence-electron chi connectivity index (χ1n) is 6.63. The lowest BCUT2D eigenvalue weighted by Gasteiger charge is -2.29. The lowest BCUT2D eigenvalue weighted by Crippen LogP contribution is -2.53. The van der Waals surface area contributed by atoms with Crippen LogP contribution in [0.2, 0.25) is 0 Å². The highest BCUT2D eigenvalue weighted by Gasteiger charge is 2.28. The Balaban J connectivity index is 2.81. The molecule has 1 heterocycles. The number of rotatable bonds is 9. The molecule has 6 N–H and O–H groups in total. The molecule has 0 bridgehead atoms. The molecule has 0 spiro atoms. The molecule has 0 aliphatic rings. The first-order valence-corrected chi connectivity index (χ1v) is 7.26. The molecular formula is C12H20N6O3S. The number of hydrogen-bond acceptors (Lipinski definition) is 6. The number of aromatic nitrogens is 2. The van der Waals surface area contributed by atoms with Crippen LogP contribution < -0.4 is 16.8 Å². The molecule has 9 nitrogen and oxygen atoms in total. The number of H-pyrrole nitrogens is 1. The monoisotopic (exact) mass is 328 g/mol. The Morgan fingerprint density at radius 3 is 2.68 bits per heavy atom. The fraction of sp³-hybridized carbons (Fsp3) is 0.500. The van der Waals surface area contributed by atoms with Crippen molar-refractivity contribution in [1.82, 2.24) is 20.2 Å². The van der Waals surface area contributed by atoms with Crippen molar-refractivity contribution in [3.05, 3.63) is 18.2 Å². The number of imidazole rings is 1. The topological polar surface area (TPSA) is 147 Å². The van der Waals surface area contributed by atoms with Crippen LogP contribution in [0.1, 0.15) is 5.69 Å². The van der Waals surface area contributed by atoms with Gasteiger partial charge in [0, 0.05) is 30.6 Å². The average Bonchev–Trinajstić information content (AvgIpc) is 3.00. The summed E-state index contributed by atoms with van der Waals surface area (Å²) in [6.07, 6.45) is 3.23. The molecule has 0 aliphatic heterocycles. The normalized spacial score (nSPS) is 11.7. The summed E-state index contributed by atoms with van der Waals surface area (Å²) >= 11 is 4.09. The van der Waals surface area contributed by atoms with Gasteiger partial charge in [0.1, 0.15) is 6.04 Å². The second-order valence-corrected chi connectivity index (χ2v) is 4.94. The minimum absolute atomic E-state index is 0.208. The number of hydrogen-bond donors (Lipinski definition) is 5. The molecule has 0 saturated heterocycles. The zero-order valence-electron chi connectivity index (χ0n) is 12.0. The minimum atomic E-state index is -0.852. The second kappa shape index (κ2) is 9.05. The fourth-order valence-electron chi connectivity index (χ4n) is 1.88. The van der Waals surface area contributed by atoms with Crippen molar-refractivity contribution in [3.63, 3.8) is 0 Å². The second-order valence-electron chi connectivity index (χ2n) is 4.49. The van der Waals surface area contributed by atoms with E-state index in [0.29, 0.717) is 11.4 Å². The van der Waals surface area contributed by atoms with E-state index in [1.54, 1.807) is 6.20 Å². The van der Waals surface area contributed by atoms with Gasteiger partial charge in [-0.25, -0.2) is 4.98 Å². The van der Waals surface area contributed by atoms with Crippen LogP contribution in [-0.2, 0) is 20.8 Å². The molecule has 0 saturated carbocycles. The number of aromatic amines is 1. The lowest BCUT2D eigenvalue weighted by atomic mass is 10.1. The van der Waals surface area contributed by atoms with Crippen LogP contribution in [0.5, 0.6) is 0 Å². The van der Waals surface area contributed by atoms with E-state index in [0.717, 1.165) is 0 Å². The summed E-state index contributed by atoms with van der Waals surface area (Å²) in [5, 5.41) is 2.37. The third-order valence-electron chi connectivity index (χ3n) is 2.96. The maximum absolute atomic E-state index is 12.2. The predicted molar refractivity (Wildman–Crippen MR) is 82.9 cm³/mol. The van der Waals surface area contributed by atoms with Crippen molar-refractivity contribution in [2.24, 2.45) is 11.5 Å². The zero-order valence-corrected chi connectivity index (χ0v) is 12.9. The van der Waals surface area contributed by atoms with E-state index >= 15 is 0 Å². The van der Waals surface area contributed by atoms with Crippen molar-refractivity contribution < 1.29 is 14.4 Å². The van der Waals surface area contributed by atoms with E-state index in [9.17, 15) is 14.4 Å². The quantitative estimate of drug-likeness (QED) is 0.322. The first kappa shape index (κ1) is 18.0. The van der Waals surface area contributed by atoms with E-state index < -0.39 is 23.8 Å². The standard InChI is InChI=1S/C12H20N6O3S/c13-4-10(19)16-6-11(20)18(1-2-22)9(12(14)21)3-8-5-15-7-17-8/h5,7,9,22H,1-4,6,13H2,(H2,14,21)(H,15,17)(H,16,19)/t9-/m0/s1. The number of carbonyl (C=O) groups excluding carboxylic acids is 3. The van der Waals surface area contributed by atoms with Gasteiger partial charge in [-0.15, -0.1) is 0 Å². The molecule has 0 unspecified atom stereocenters. The highest BCUT2D eigenvalue weighted by molar-refractivity contribution is 7.80. The minimum Gasteiger partial charge on any atom is -0.368 e. The number of amides is 3. The van der Waals surface area contributed by atoms with E-state index in [1.165, 1.54) is 11.2 Å². The molecule has 1 aromatic rings. The Bertz CT molecular complexity index is 507. The summed E-state index contributed by atoms with van der Waals surface area (Å²) in [7, 11) is 0. The summed E-state index contributed by atoms with van der Waals surface area (Å²) in [6.45, 7) is -0.244. The van der Waals surface area contributed by atoms with E-state index in [1.807, 2.05) is 0 Å². The Labute approximate surface area is 133 Å². The number of carbonyl (C=O) groups is 3. The van der Waals surface area contributed by atoms with E-state index in [-0.39, 0.29) is 26.1 Å². The van der Waals surface area contributed by atoms with Gasteiger partial charge in [-0.2, -0.15) is 12.6 Å². The van der Waals surface area contributed by atoms with Crippen LogP contribution in [0.25, 0.3) is 0 Å². The van der Waals surface area contributed by atoms with Gasteiger partial charge < -0.3 is 26.7 Å². The third kappa shape index (κ3) is 5.37. The van der Waals surface area contributed by atoms with Gasteiger partial charge in [0.25, 0.3) is 0 Å². The summed E-state index contributed by atoms with van der Waals surface area (Å²) < 4.78 is 0. The number of nitrogens with zero attached hydrogens (tertiary/aromatic N) is 2. The van der Waals surface area contributed by atoms with Gasteiger partial charge in [-0.1, -0.05) is 0 Å². The first-order chi connectivity index (χ1) is 10.5. The van der Waals surface area contributed by atoms with Crippen LogP contribution in [0.15, 0.2) is 12.5 Å². The fourth-order valence-corrected chi connectivity index (χ4v) is 2.09. The SMILES string of the molecule is NCC(=O)NCC(=O)N(CCS)[C@@H](Cc1cnc[nH]1)C(N)=O. The molecule has 0 fully saturated rings. The molecule has 1 atom stereocenters. The van der Waals surface area contributed by atoms with Gasteiger partial charge >= 0.3 is 0 Å². The summed E-state index contributed by atoms with van der Waals surface area (Å²) in [5.74, 6) is -1.18. The van der Waals surface area contributed by atoms with Crippen molar-refractivity contribution in [2.75, 3.05) is 25.4 Å². The van der Waals surface area contributed by atoms with Gasteiger partial charge in [0.05, 0.1) is 19.4 Å². The van der Waals surface area contributed by atoms with Crippen LogP contribution >= 0.6 is 12.6 Å². The largest absolute Gasteiger partial charge is 0.368 e. The number of nitrogens with one attached hydrogen (secondary N) is 2. The molecule has 1 aromatic heterocycles. The molecule has 122 valence electrons. The lowest BCUT2D eigenvalue weighted by molar-refractivity contribution is -0.139. The summed E-state index contributed by atoms with van der Waals surface area (Å²) in [6, 6.07) is -0.852. The third-order valence-corrected chi connectivity index (χ3v) is 3.16. The number of nitrogens with two attached hydrogens (primary N) is 2. The van der Waals surface area contributed by atoms with Gasteiger partial charge in [0.2, 0.25) is 17.7 Å². The summed E-state index contributed by atoms with van der Waals surface area (Å²) in [5.41, 5.74) is 11.2. The molecule has 0 radical (unpaired) electrons. The number of primary amides is 1. The van der Waals surface area contributed by atoms with Crippen molar-refractivity contribution >= 4 is 30.4 Å². The van der Waals surface area contributed by atoms with Gasteiger partial charge in [0.15, 0.2) is 0 Å². The van der Waals surface area contributed by atoms with Gasteiger partial charge in [-0.3, -0.25) is 14.4 Å². The average molecular weight is 328 g/mol. The highest BCUT2D eigenvalue weighted by Crippen LogP contribution is 2.08. The Morgan fingerprint density at radius 2 is 2.18 bits per heavy atom. The van der Waals surface area contributed by atoms with E-state index in [4.69, 9.17) is 11.5 Å². The van der Waals surface area contributed by atoms with Crippen LogP contribution in [-0.4, -0.2) is 64.0 Å². The van der Waals surface area contributed by atoms with Crippen molar-refractivity contribution in [1.29, 1.82) is 0 Å². The van der Waals surface area contributed by atoms with E-state index in [2.05, 4.69) is 27.9 Å². The van der Waals surface area contributed by atoms with Crippen molar-refractivity contribution in [2.45, 2.75) is 12.5 Å². The molecule has 1 rings (SSSR count). The molecule has 22 heavy (non-hydrogen) atoms. The van der Waals surface area contributed by atoms with Crippen LogP contribution in [0.3, 0.4) is 0 Å². The maximum Gasteiger partial charge on any atom is 0.242 e. The maximum atomic E-state index is 12.2. The molecular weight excluding hydrogens is 308 g/mol. The number of thiol groups is 1. The molecule has 0 aliphatic carbocycles. The zero-order chi connectivity index (χ0) is 16.5. The summed E-state index contributed by atoms with van der Waals surface area (Å²) in [4.78, 5) is 43.1. The Kier molecular flexibility index (Phi) is 7.40. The molecule has 0 aromatic carbocycles. The molecule has 10 heteroatoms. The van der Waals surface area contributed by atoms with Gasteiger partial charge in [-0.05, 0) is 0 Å². The predicted octanol–water partition coefficient (Wildman–Crippen LogP) is -2.36.